The Morgan fingerprint density at radius 2 is 2.20 bits per heavy atom. The number of hydrogen-bond donors (Lipinski definition) is 2. The van der Waals surface area contributed by atoms with E-state index in [0.29, 0.717) is 17.9 Å². The van der Waals surface area contributed by atoms with E-state index in [0.717, 1.165) is 36.0 Å². The largest absolute Gasteiger partial charge is 0.369 e. The predicted molar refractivity (Wildman–Crippen MR) is 90.7 cm³/mol. The lowest BCUT2D eigenvalue weighted by molar-refractivity contribution is 0.0953. The van der Waals surface area contributed by atoms with E-state index in [4.69, 9.17) is 0 Å². The quantitative estimate of drug-likeness (QED) is 0.662. The molecule has 0 spiro atoms. The van der Waals surface area contributed by atoms with Crippen molar-refractivity contribution in [2.75, 3.05) is 30.4 Å². The Morgan fingerprint density at radius 3 is 2.90 bits per heavy atom. The maximum atomic E-state index is 12.2. The Morgan fingerprint density at radius 1 is 1.40 bits per heavy atom. The number of unbranched alkanes of at least 4 members (excludes halogenated alkanes) is 1. The molecule has 2 N–H and O–H groups in total. The minimum Gasteiger partial charge on any atom is -0.369 e. The lowest BCUT2D eigenvalue weighted by atomic mass is 10.2. The fourth-order valence-corrected chi connectivity index (χ4v) is 2.49. The summed E-state index contributed by atoms with van der Waals surface area (Å²) in [6.45, 7) is 3.60. The van der Waals surface area contributed by atoms with Gasteiger partial charge in [0.15, 0.2) is 0 Å². The molecule has 1 amide bonds. The SMILES string of the molecule is CCCNc1ncc(Br)cc1C(=O)NCCCCSC. The molecule has 1 heterocycles. The standard InChI is InChI=1S/C14H22BrN3OS/c1-3-6-16-13-12(9-11(15)10-18-13)14(19)17-7-4-5-8-20-2/h9-10H,3-8H2,1-2H3,(H,16,18)(H,17,19). The molecule has 0 bridgehead atoms. The van der Waals surface area contributed by atoms with Crippen LogP contribution in [0.15, 0.2) is 16.7 Å². The number of nitrogens with zero attached hydrogens (tertiary/aromatic N) is 1. The number of carbonyl (C=O) groups is 1. The van der Waals surface area contributed by atoms with Crippen LogP contribution in [0.3, 0.4) is 0 Å². The van der Waals surface area contributed by atoms with Gasteiger partial charge >= 0.3 is 0 Å². The number of anilines is 1. The predicted octanol–water partition coefficient (Wildman–Crippen LogP) is 3.54. The van der Waals surface area contributed by atoms with Crippen molar-refractivity contribution in [3.63, 3.8) is 0 Å². The summed E-state index contributed by atoms with van der Waals surface area (Å²) in [5.74, 6) is 1.72. The van der Waals surface area contributed by atoms with Crippen molar-refractivity contribution in [2.24, 2.45) is 0 Å². The second-order valence-corrected chi connectivity index (χ2v) is 6.33. The molecule has 4 nitrogen and oxygen atoms in total. The normalized spacial score (nSPS) is 10.3. The van der Waals surface area contributed by atoms with Crippen molar-refractivity contribution in [1.82, 2.24) is 10.3 Å². The highest BCUT2D eigenvalue weighted by atomic mass is 79.9. The highest BCUT2D eigenvalue weighted by Crippen LogP contribution is 2.18. The van der Waals surface area contributed by atoms with Gasteiger partial charge in [-0.05, 0) is 53.3 Å². The average Bonchev–Trinajstić information content (AvgIpc) is 2.45. The third-order valence-electron chi connectivity index (χ3n) is 2.70. The van der Waals surface area contributed by atoms with Crippen molar-refractivity contribution in [1.29, 1.82) is 0 Å². The van der Waals surface area contributed by atoms with E-state index >= 15 is 0 Å². The Bertz CT molecular complexity index is 429. The maximum absolute atomic E-state index is 12.2. The molecule has 20 heavy (non-hydrogen) atoms. The van der Waals surface area contributed by atoms with Crippen LogP contribution in [0.25, 0.3) is 0 Å². The van der Waals surface area contributed by atoms with Crippen molar-refractivity contribution >= 4 is 39.4 Å². The molecule has 0 atom stereocenters. The summed E-state index contributed by atoms with van der Waals surface area (Å²) in [7, 11) is 0. The van der Waals surface area contributed by atoms with Crippen LogP contribution in [-0.4, -0.2) is 36.0 Å². The molecule has 1 aromatic rings. The van der Waals surface area contributed by atoms with Gasteiger partial charge in [-0.1, -0.05) is 6.92 Å². The van der Waals surface area contributed by atoms with Crippen molar-refractivity contribution in [3.8, 4) is 0 Å². The lowest BCUT2D eigenvalue weighted by Gasteiger charge is -2.11. The first-order chi connectivity index (χ1) is 9.69. The monoisotopic (exact) mass is 359 g/mol. The smallest absolute Gasteiger partial charge is 0.255 e. The van der Waals surface area contributed by atoms with Crippen LogP contribution in [0.5, 0.6) is 0 Å². The number of pyridine rings is 1. The molecule has 1 rings (SSSR count). The molecule has 0 aliphatic rings. The van der Waals surface area contributed by atoms with Crippen LogP contribution < -0.4 is 10.6 Å². The van der Waals surface area contributed by atoms with E-state index in [1.165, 1.54) is 0 Å². The molecule has 0 saturated carbocycles. The first-order valence-electron chi connectivity index (χ1n) is 6.85. The minimum absolute atomic E-state index is 0.0680. The highest BCUT2D eigenvalue weighted by molar-refractivity contribution is 9.10. The minimum atomic E-state index is -0.0680. The van der Waals surface area contributed by atoms with Crippen molar-refractivity contribution in [3.05, 3.63) is 22.3 Å². The van der Waals surface area contributed by atoms with Crippen LogP contribution in [-0.2, 0) is 0 Å². The van der Waals surface area contributed by atoms with Crippen LogP contribution in [0.2, 0.25) is 0 Å². The summed E-state index contributed by atoms with van der Waals surface area (Å²) < 4.78 is 0.812. The number of nitrogens with one attached hydrogen (secondary N) is 2. The van der Waals surface area contributed by atoms with E-state index in [-0.39, 0.29) is 5.91 Å². The molecular formula is C14H22BrN3OS. The van der Waals surface area contributed by atoms with Gasteiger partial charge in [0.2, 0.25) is 0 Å². The summed E-state index contributed by atoms with van der Waals surface area (Å²) in [6.07, 6.45) is 6.92. The first-order valence-corrected chi connectivity index (χ1v) is 9.04. The van der Waals surface area contributed by atoms with E-state index in [1.54, 1.807) is 6.20 Å². The molecule has 0 unspecified atom stereocenters. The number of halogens is 1. The highest BCUT2D eigenvalue weighted by Gasteiger charge is 2.12. The Labute approximate surface area is 133 Å². The molecule has 0 aromatic carbocycles. The van der Waals surface area contributed by atoms with Crippen molar-refractivity contribution in [2.45, 2.75) is 26.2 Å². The van der Waals surface area contributed by atoms with Crippen LogP contribution >= 0.6 is 27.7 Å². The number of carbonyl (C=O) groups excluding carboxylic acids is 1. The zero-order chi connectivity index (χ0) is 14.8. The van der Waals surface area contributed by atoms with Gasteiger partial charge in [0.25, 0.3) is 5.91 Å². The van der Waals surface area contributed by atoms with Gasteiger partial charge in [-0.25, -0.2) is 4.98 Å². The van der Waals surface area contributed by atoms with Crippen LogP contribution in [0, 0.1) is 0 Å². The number of hydrogen-bond acceptors (Lipinski definition) is 4. The fraction of sp³-hybridized carbons (Fsp3) is 0.571. The molecule has 0 aliphatic heterocycles. The summed E-state index contributed by atoms with van der Waals surface area (Å²) in [5.41, 5.74) is 0.595. The van der Waals surface area contributed by atoms with Gasteiger partial charge in [-0.2, -0.15) is 11.8 Å². The van der Waals surface area contributed by atoms with Gasteiger partial charge in [0.05, 0.1) is 5.56 Å². The maximum Gasteiger partial charge on any atom is 0.255 e. The summed E-state index contributed by atoms with van der Waals surface area (Å²) in [5, 5.41) is 6.14. The second kappa shape index (κ2) is 10.0. The van der Waals surface area contributed by atoms with Gasteiger partial charge in [0.1, 0.15) is 5.82 Å². The van der Waals surface area contributed by atoms with Crippen molar-refractivity contribution < 1.29 is 4.79 Å². The Kier molecular flexibility index (Phi) is 8.69. The number of rotatable bonds is 9. The second-order valence-electron chi connectivity index (χ2n) is 4.43. The molecule has 0 radical (unpaired) electrons. The zero-order valence-electron chi connectivity index (χ0n) is 12.0. The molecule has 0 fully saturated rings. The molecule has 0 aliphatic carbocycles. The number of amides is 1. The number of aromatic nitrogens is 1. The van der Waals surface area contributed by atoms with E-state index in [9.17, 15) is 4.79 Å². The molecule has 6 heteroatoms. The van der Waals surface area contributed by atoms with E-state index in [1.807, 2.05) is 17.8 Å². The molecule has 112 valence electrons. The molecule has 0 saturated heterocycles. The third-order valence-corrected chi connectivity index (χ3v) is 3.83. The topological polar surface area (TPSA) is 54.0 Å². The molecule has 1 aromatic heterocycles. The Hall–Kier alpha value is -0.750. The lowest BCUT2D eigenvalue weighted by Crippen LogP contribution is -2.26. The Balaban J connectivity index is 2.58. The third kappa shape index (κ3) is 6.13. The summed E-state index contributed by atoms with van der Waals surface area (Å²) >= 11 is 5.19. The zero-order valence-corrected chi connectivity index (χ0v) is 14.4. The summed E-state index contributed by atoms with van der Waals surface area (Å²) in [4.78, 5) is 16.5. The van der Waals surface area contributed by atoms with Crippen LogP contribution in [0.4, 0.5) is 5.82 Å². The number of thioether (sulfide) groups is 1. The van der Waals surface area contributed by atoms with Crippen LogP contribution in [0.1, 0.15) is 36.5 Å². The van der Waals surface area contributed by atoms with E-state index in [2.05, 4.69) is 44.7 Å². The summed E-state index contributed by atoms with van der Waals surface area (Å²) in [6, 6.07) is 1.81. The average molecular weight is 360 g/mol. The first kappa shape index (κ1) is 17.3. The fourth-order valence-electron chi connectivity index (χ4n) is 1.67. The van der Waals surface area contributed by atoms with Gasteiger partial charge < -0.3 is 10.6 Å². The van der Waals surface area contributed by atoms with Gasteiger partial charge in [-0.15, -0.1) is 0 Å². The van der Waals surface area contributed by atoms with E-state index < -0.39 is 0 Å². The van der Waals surface area contributed by atoms with Gasteiger partial charge in [-0.3, -0.25) is 4.79 Å². The van der Waals surface area contributed by atoms with Gasteiger partial charge in [0, 0.05) is 23.8 Å². The molecular weight excluding hydrogens is 338 g/mol.